The first-order valence-electron chi connectivity index (χ1n) is 6.85. The van der Waals surface area contributed by atoms with Crippen LogP contribution >= 0.6 is 23.4 Å². The number of carbonyl (C=O) groups excluding carboxylic acids is 1. The molecule has 1 aromatic carbocycles. The van der Waals surface area contributed by atoms with Gasteiger partial charge in [0.1, 0.15) is 0 Å². The third-order valence-corrected chi connectivity index (χ3v) is 4.15. The highest BCUT2D eigenvalue weighted by atomic mass is 35.5. The van der Waals surface area contributed by atoms with Gasteiger partial charge >= 0.3 is 0 Å². The van der Waals surface area contributed by atoms with Crippen molar-refractivity contribution in [1.29, 1.82) is 0 Å². The van der Waals surface area contributed by atoms with Crippen molar-refractivity contribution in [3.63, 3.8) is 0 Å². The molecule has 0 unspecified atom stereocenters. The molecule has 3 aromatic rings. The van der Waals surface area contributed by atoms with Crippen molar-refractivity contribution in [3.05, 3.63) is 41.0 Å². The molecule has 0 aliphatic carbocycles. The Balaban J connectivity index is 1.65. The molecule has 3 rings (SSSR count). The summed E-state index contributed by atoms with van der Waals surface area (Å²) in [5.74, 6) is 6.60. The first kappa shape index (κ1) is 16.3. The Morgan fingerprint density at radius 2 is 2.25 bits per heavy atom. The predicted octanol–water partition coefficient (Wildman–Crippen LogP) is 2.34. The summed E-state index contributed by atoms with van der Waals surface area (Å²) in [5, 5.41) is 15.3. The van der Waals surface area contributed by atoms with E-state index in [4.69, 9.17) is 22.0 Å². The van der Waals surface area contributed by atoms with Crippen LogP contribution in [0.15, 0.2) is 40.0 Å². The Morgan fingerprint density at radius 1 is 1.42 bits per heavy atom. The Bertz CT molecular complexity index is 878. The lowest BCUT2D eigenvalue weighted by Gasteiger charge is -2.04. The van der Waals surface area contributed by atoms with Gasteiger partial charge in [0, 0.05) is 16.7 Å². The molecule has 0 aliphatic rings. The van der Waals surface area contributed by atoms with Gasteiger partial charge in [-0.2, -0.15) is 0 Å². The Morgan fingerprint density at radius 3 is 2.96 bits per heavy atom. The predicted molar refractivity (Wildman–Crippen MR) is 91.2 cm³/mol. The van der Waals surface area contributed by atoms with Crippen molar-refractivity contribution in [2.24, 2.45) is 0 Å². The molecule has 0 aliphatic heterocycles. The summed E-state index contributed by atoms with van der Waals surface area (Å²) in [6.07, 6.45) is 0. The molecule has 0 spiro atoms. The number of aromatic nitrogens is 4. The van der Waals surface area contributed by atoms with E-state index in [0.29, 0.717) is 27.6 Å². The number of benzene rings is 1. The minimum absolute atomic E-state index is 0.102. The molecular weight excluding hydrogens is 352 g/mol. The van der Waals surface area contributed by atoms with E-state index in [1.807, 2.05) is 6.07 Å². The number of nitrogens with two attached hydrogens (primary N) is 1. The van der Waals surface area contributed by atoms with E-state index < -0.39 is 0 Å². The molecule has 8 nitrogen and oxygen atoms in total. The number of aryl methyl sites for hydroxylation is 1. The number of hydrogen-bond donors (Lipinski definition) is 2. The molecule has 124 valence electrons. The van der Waals surface area contributed by atoms with Crippen LogP contribution in [-0.2, 0) is 4.79 Å². The lowest BCUT2D eigenvalue weighted by molar-refractivity contribution is -0.113. The van der Waals surface area contributed by atoms with Crippen molar-refractivity contribution in [3.8, 4) is 11.4 Å². The smallest absolute Gasteiger partial charge is 0.237 e. The maximum Gasteiger partial charge on any atom is 0.237 e. The van der Waals surface area contributed by atoms with E-state index in [-0.39, 0.29) is 11.7 Å². The Hall–Kier alpha value is -2.52. The molecule has 0 atom stereocenters. The second-order valence-electron chi connectivity index (χ2n) is 4.86. The van der Waals surface area contributed by atoms with Gasteiger partial charge in [0.25, 0.3) is 0 Å². The summed E-state index contributed by atoms with van der Waals surface area (Å²) in [5.41, 5.74) is 1.43. The number of nitrogens with zero attached hydrogens (tertiary/aromatic N) is 4. The van der Waals surface area contributed by atoms with E-state index in [9.17, 15) is 4.79 Å². The van der Waals surface area contributed by atoms with Gasteiger partial charge in [-0.05, 0) is 19.1 Å². The standard InChI is InChI=1S/C14H13ClN6O2S/c1-8-5-12(23-20-8)17-11(22)7-24-14-19-18-13(21(14)16)9-3-2-4-10(15)6-9/h2-6H,7,16H2,1H3,(H,17,22). The second kappa shape index (κ2) is 6.93. The second-order valence-corrected chi connectivity index (χ2v) is 6.23. The molecule has 0 saturated heterocycles. The van der Waals surface area contributed by atoms with Gasteiger partial charge in [0.05, 0.1) is 11.4 Å². The highest BCUT2D eigenvalue weighted by molar-refractivity contribution is 7.99. The number of rotatable bonds is 5. The Labute approximate surface area is 146 Å². The summed E-state index contributed by atoms with van der Waals surface area (Å²) in [6, 6.07) is 8.75. The third-order valence-electron chi connectivity index (χ3n) is 2.97. The third kappa shape index (κ3) is 3.69. The summed E-state index contributed by atoms with van der Waals surface area (Å²) in [4.78, 5) is 11.9. The highest BCUT2D eigenvalue weighted by Gasteiger charge is 2.14. The summed E-state index contributed by atoms with van der Waals surface area (Å²) in [6.45, 7) is 1.77. The first-order valence-corrected chi connectivity index (χ1v) is 8.21. The average Bonchev–Trinajstić information content (AvgIpc) is 3.11. The fourth-order valence-corrected chi connectivity index (χ4v) is 2.77. The lowest BCUT2D eigenvalue weighted by Crippen LogP contribution is -2.16. The van der Waals surface area contributed by atoms with Crippen LogP contribution in [0.3, 0.4) is 0 Å². The van der Waals surface area contributed by atoms with E-state index >= 15 is 0 Å². The number of nitrogen functional groups attached to an aromatic ring is 1. The van der Waals surface area contributed by atoms with Crippen molar-refractivity contribution in [2.75, 3.05) is 16.9 Å². The minimum Gasteiger partial charge on any atom is -0.338 e. The fraction of sp³-hybridized carbons (Fsp3) is 0.143. The molecule has 0 bridgehead atoms. The van der Waals surface area contributed by atoms with Gasteiger partial charge in [0.2, 0.25) is 16.9 Å². The summed E-state index contributed by atoms with van der Waals surface area (Å²) in [7, 11) is 0. The number of nitrogens with one attached hydrogen (secondary N) is 1. The van der Waals surface area contributed by atoms with Gasteiger partial charge in [-0.3, -0.25) is 10.1 Å². The molecule has 10 heteroatoms. The largest absolute Gasteiger partial charge is 0.338 e. The van der Waals surface area contributed by atoms with E-state index in [2.05, 4.69) is 20.7 Å². The number of halogens is 1. The molecule has 2 heterocycles. The van der Waals surface area contributed by atoms with Crippen LogP contribution in [0.1, 0.15) is 5.69 Å². The van der Waals surface area contributed by atoms with E-state index in [1.165, 1.54) is 4.68 Å². The number of thioether (sulfide) groups is 1. The maximum absolute atomic E-state index is 11.9. The molecule has 1 amide bonds. The number of hydrogen-bond acceptors (Lipinski definition) is 7. The van der Waals surface area contributed by atoms with Crippen molar-refractivity contribution in [1.82, 2.24) is 20.0 Å². The lowest BCUT2D eigenvalue weighted by atomic mass is 10.2. The van der Waals surface area contributed by atoms with Crippen LogP contribution in [0.4, 0.5) is 5.88 Å². The topological polar surface area (TPSA) is 112 Å². The monoisotopic (exact) mass is 364 g/mol. The molecular formula is C14H13ClN6O2S. The highest BCUT2D eigenvalue weighted by Crippen LogP contribution is 2.23. The molecule has 3 N–H and O–H groups in total. The van der Waals surface area contributed by atoms with Crippen LogP contribution in [0.5, 0.6) is 0 Å². The summed E-state index contributed by atoms with van der Waals surface area (Å²) >= 11 is 7.12. The zero-order valence-electron chi connectivity index (χ0n) is 12.6. The maximum atomic E-state index is 11.9. The quantitative estimate of drug-likeness (QED) is 0.527. The van der Waals surface area contributed by atoms with Crippen LogP contribution in [0, 0.1) is 6.92 Å². The minimum atomic E-state index is -0.261. The van der Waals surface area contributed by atoms with Gasteiger partial charge in [-0.25, -0.2) is 4.68 Å². The van der Waals surface area contributed by atoms with Crippen molar-refractivity contribution in [2.45, 2.75) is 12.1 Å². The van der Waals surface area contributed by atoms with Gasteiger partial charge in [-0.1, -0.05) is 40.7 Å². The Kier molecular flexibility index (Phi) is 4.72. The van der Waals surface area contributed by atoms with Crippen molar-refractivity contribution < 1.29 is 9.32 Å². The number of amides is 1. The molecule has 0 fully saturated rings. The van der Waals surface area contributed by atoms with Crippen LogP contribution in [-0.4, -0.2) is 31.7 Å². The zero-order chi connectivity index (χ0) is 17.1. The number of carbonyl (C=O) groups is 1. The zero-order valence-corrected chi connectivity index (χ0v) is 14.1. The SMILES string of the molecule is Cc1cc(NC(=O)CSc2nnc(-c3cccc(Cl)c3)n2N)on1. The summed E-state index contributed by atoms with van der Waals surface area (Å²) < 4.78 is 6.24. The van der Waals surface area contributed by atoms with Crippen molar-refractivity contribution >= 4 is 35.2 Å². The van der Waals surface area contributed by atoms with Crippen LogP contribution in [0.2, 0.25) is 5.02 Å². The normalized spacial score (nSPS) is 10.8. The molecule has 0 radical (unpaired) electrons. The molecule has 24 heavy (non-hydrogen) atoms. The van der Waals surface area contributed by atoms with Gasteiger partial charge in [-0.15, -0.1) is 10.2 Å². The molecule has 0 saturated carbocycles. The van der Waals surface area contributed by atoms with Crippen LogP contribution < -0.4 is 11.2 Å². The van der Waals surface area contributed by atoms with Gasteiger partial charge < -0.3 is 10.4 Å². The number of anilines is 1. The molecule has 2 aromatic heterocycles. The van der Waals surface area contributed by atoms with E-state index in [1.54, 1.807) is 31.2 Å². The van der Waals surface area contributed by atoms with E-state index in [0.717, 1.165) is 17.3 Å². The van der Waals surface area contributed by atoms with Gasteiger partial charge in [0.15, 0.2) is 5.82 Å². The first-order chi connectivity index (χ1) is 11.5. The fourth-order valence-electron chi connectivity index (χ4n) is 1.93. The van der Waals surface area contributed by atoms with Crippen LogP contribution in [0.25, 0.3) is 11.4 Å². The average molecular weight is 365 g/mol.